The molecule has 34 heavy (non-hydrogen) atoms. The van der Waals surface area contributed by atoms with Gasteiger partial charge in [-0.3, -0.25) is 24.0 Å². The predicted octanol–water partition coefficient (Wildman–Crippen LogP) is 2.25. The standard InChI is InChI=1S/C23H20ClN7O3/c24-18-6-3-7-19(27-18)28-20(32)13-30(12-15-8-10-26-11-9-15)21(33)14-31-17-5-2-1-4-16(17)22(29-31)23(25)34/h1-11H,12-14H2,(H2,25,34)(H,27,28,32). The lowest BCUT2D eigenvalue weighted by Gasteiger charge is -2.22. The molecule has 0 saturated carbocycles. The highest BCUT2D eigenvalue weighted by Crippen LogP contribution is 2.18. The number of nitrogens with zero attached hydrogens (tertiary/aromatic N) is 5. The van der Waals surface area contributed by atoms with Gasteiger partial charge in [-0.1, -0.05) is 35.9 Å². The number of hydrogen-bond donors (Lipinski definition) is 2. The van der Waals surface area contributed by atoms with Gasteiger partial charge >= 0.3 is 0 Å². The summed E-state index contributed by atoms with van der Waals surface area (Å²) in [5, 5.41) is 7.66. The average molecular weight is 478 g/mol. The number of fused-ring (bicyclic) bond motifs is 1. The van der Waals surface area contributed by atoms with Crippen LogP contribution in [-0.2, 0) is 22.7 Å². The molecule has 0 unspecified atom stereocenters. The van der Waals surface area contributed by atoms with E-state index in [0.717, 1.165) is 5.56 Å². The zero-order valence-electron chi connectivity index (χ0n) is 17.9. The van der Waals surface area contributed by atoms with Crippen LogP contribution in [0.2, 0.25) is 5.15 Å². The van der Waals surface area contributed by atoms with Crippen LogP contribution < -0.4 is 11.1 Å². The second kappa shape index (κ2) is 10.1. The maximum atomic E-state index is 13.3. The fourth-order valence-electron chi connectivity index (χ4n) is 3.43. The minimum absolute atomic E-state index is 0.0776. The quantitative estimate of drug-likeness (QED) is 0.373. The Morgan fingerprint density at radius 3 is 2.53 bits per heavy atom. The molecule has 3 aromatic heterocycles. The van der Waals surface area contributed by atoms with Crippen molar-refractivity contribution in [1.29, 1.82) is 0 Å². The Balaban J connectivity index is 1.57. The summed E-state index contributed by atoms with van der Waals surface area (Å²) in [5.41, 5.74) is 6.91. The number of rotatable bonds is 8. The van der Waals surface area contributed by atoms with Gasteiger partial charge in [-0.2, -0.15) is 5.10 Å². The lowest BCUT2D eigenvalue weighted by molar-refractivity contribution is -0.136. The van der Waals surface area contributed by atoms with E-state index in [1.807, 2.05) is 0 Å². The molecule has 3 N–H and O–H groups in total. The van der Waals surface area contributed by atoms with Crippen molar-refractivity contribution in [3.63, 3.8) is 0 Å². The van der Waals surface area contributed by atoms with E-state index in [2.05, 4.69) is 20.4 Å². The molecule has 0 aliphatic heterocycles. The lowest BCUT2D eigenvalue weighted by Crippen LogP contribution is -2.39. The highest BCUT2D eigenvalue weighted by Gasteiger charge is 2.22. The minimum atomic E-state index is -0.690. The number of halogens is 1. The Labute approximate surface area is 199 Å². The van der Waals surface area contributed by atoms with Crippen LogP contribution in [0.25, 0.3) is 10.9 Å². The van der Waals surface area contributed by atoms with Gasteiger partial charge in [0.1, 0.15) is 24.1 Å². The largest absolute Gasteiger partial charge is 0.364 e. The summed E-state index contributed by atoms with van der Waals surface area (Å²) in [4.78, 5) is 47.2. The Morgan fingerprint density at radius 1 is 1.03 bits per heavy atom. The van der Waals surface area contributed by atoms with Crippen molar-refractivity contribution in [2.24, 2.45) is 5.73 Å². The number of carbonyl (C=O) groups is 3. The molecule has 3 heterocycles. The number of nitrogens with two attached hydrogens (primary N) is 1. The molecule has 4 rings (SSSR count). The van der Waals surface area contributed by atoms with Crippen molar-refractivity contribution in [2.45, 2.75) is 13.1 Å². The summed E-state index contributed by atoms with van der Waals surface area (Å²) in [6.07, 6.45) is 3.21. The maximum absolute atomic E-state index is 13.3. The summed E-state index contributed by atoms with van der Waals surface area (Å²) >= 11 is 5.88. The summed E-state index contributed by atoms with van der Waals surface area (Å²) in [5.74, 6) is -1.24. The molecular weight excluding hydrogens is 458 g/mol. The van der Waals surface area contributed by atoms with Crippen LogP contribution in [0.15, 0.2) is 67.0 Å². The third-order valence-electron chi connectivity index (χ3n) is 4.97. The Morgan fingerprint density at radius 2 is 1.79 bits per heavy atom. The van der Waals surface area contributed by atoms with Gasteiger partial charge in [0.05, 0.1) is 5.52 Å². The number of pyridine rings is 2. The van der Waals surface area contributed by atoms with E-state index in [1.165, 1.54) is 9.58 Å². The monoisotopic (exact) mass is 477 g/mol. The van der Waals surface area contributed by atoms with Crippen LogP contribution in [0, 0.1) is 0 Å². The molecule has 1 aromatic carbocycles. The summed E-state index contributed by atoms with van der Waals surface area (Å²) in [7, 11) is 0. The normalized spacial score (nSPS) is 10.7. The number of amides is 3. The van der Waals surface area contributed by atoms with Gasteiger partial charge in [0.2, 0.25) is 11.8 Å². The molecular formula is C23H20ClN7O3. The minimum Gasteiger partial charge on any atom is -0.364 e. The van der Waals surface area contributed by atoms with E-state index in [-0.39, 0.29) is 42.2 Å². The molecule has 0 radical (unpaired) electrons. The number of hydrogen-bond acceptors (Lipinski definition) is 6. The van der Waals surface area contributed by atoms with E-state index in [0.29, 0.717) is 10.9 Å². The number of aromatic nitrogens is 4. The number of nitrogens with one attached hydrogen (secondary N) is 1. The molecule has 4 aromatic rings. The SMILES string of the molecule is NC(=O)c1nn(CC(=O)N(CC(=O)Nc2cccc(Cl)n2)Cc2ccncc2)c2ccccc12. The fraction of sp³-hybridized carbons (Fsp3) is 0.130. The van der Waals surface area contributed by atoms with Crippen LogP contribution >= 0.6 is 11.6 Å². The van der Waals surface area contributed by atoms with Crippen molar-refractivity contribution < 1.29 is 14.4 Å². The van der Waals surface area contributed by atoms with Crippen LogP contribution in [0.1, 0.15) is 16.1 Å². The molecule has 0 spiro atoms. The molecule has 0 bridgehead atoms. The Bertz CT molecular complexity index is 1360. The van der Waals surface area contributed by atoms with Gasteiger partial charge in [0.15, 0.2) is 5.69 Å². The van der Waals surface area contributed by atoms with Crippen molar-refractivity contribution in [1.82, 2.24) is 24.6 Å². The lowest BCUT2D eigenvalue weighted by atomic mass is 10.2. The van der Waals surface area contributed by atoms with Crippen molar-refractivity contribution in [2.75, 3.05) is 11.9 Å². The predicted molar refractivity (Wildman–Crippen MR) is 126 cm³/mol. The Hall–Kier alpha value is -4.31. The van der Waals surface area contributed by atoms with Crippen molar-refractivity contribution >= 4 is 46.0 Å². The molecule has 0 fully saturated rings. The highest BCUT2D eigenvalue weighted by molar-refractivity contribution is 6.29. The second-order valence-electron chi connectivity index (χ2n) is 7.39. The van der Waals surface area contributed by atoms with Gasteiger partial charge < -0.3 is 16.0 Å². The third-order valence-corrected chi connectivity index (χ3v) is 5.18. The number of carbonyl (C=O) groups excluding carboxylic acids is 3. The topological polar surface area (TPSA) is 136 Å². The van der Waals surface area contributed by atoms with Crippen molar-refractivity contribution in [3.05, 3.63) is 83.4 Å². The summed E-state index contributed by atoms with van der Waals surface area (Å²) in [6.45, 7) is -0.265. The average Bonchev–Trinajstić information content (AvgIpc) is 3.18. The van der Waals surface area contributed by atoms with Gasteiger partial charge in [-0.15, -0.1) is 0 Å². The molecule has 3 amide bonds. The first-order valence-electron chi connectivity index (χ1n) is 10.2. The first kappa shape index (κ1) is 22.9. The molecule has 11 heteroatoms. The van der Waals surface area contributed by atoms with Gasteiger partial charge in [0, 0.05) is 24.3 Å². The van der Waals surface area contributed by atoms with Crippen LogP contribution in [0.4, 0.5) is 5.82 Å². The number of anilines is 1. The molecule has 0 atom stereocenters. The van der Waals surface area contributed by atoms with Crippen LogP contribution in [0.5, 0.6) is 0 Å². The van der Waals surface area contributed by atoms with Gasteiger partial charge in [-0.05, 0) is 35.9 Å². The summed E-state index contributed by atoms with van der Waals surface area (Å²) < 4.78 is 1.41. The summed E-state index contributed by atoms with van der Waals surface area (Å²) in [6, 6.07) is 15.3. The molecule has 0 saturated heterocycles. The zero-order chi connectivity index (χ0) is 24.1. The molecule has 172 valence electrons. The first-order valence-corrected chi connectivity index (χ1v) is 10.6. The maximum Gasteiger partial charge on any atom is 0.269 e. The van der Waals surface area contributed by atoms with Gasteiger partial charge in [-0.25, -0.2) is 4.98 Å². The molecule has 0 aliphatic rings. The smallest absolute Gasteiger partial charge is 0.269 e. The molecule has 10 nitrogen and oxygen atoms in total. The van der Waals surface area contributed by atoms with Gasteiger partial charge in [0.25, 0.3) is 5.91 Å². The second-order valence-corrected chi connectivity index (χ2v) is 7.77. The molecule has 0 aliphatic carbocycles. The van der Waals surface area contributed by atoms with E-state index in [9.17, 15) is 14.4 Å². The first-order chi connectivity index (χ1) is 16.4. The number of primary amides is 1. The zero-order valence-corrected chi connectivity index (χ0v) is 18.6. The van der Waals surface area contributed by atoms with E-state index in [1.54, 1.807) is 67.0 Å². The number of benzene rings is 1. The van der Waals surface area contributed by atoms with Crippen LogP contribution in [-0.4, -0.2) is 48.9 Å². The Kier molecular flexibility index (Phi) is 6.79. The van der Waals surface area contributed by atoms with Crippen LogP contribution in [0.3, 0.4) is 0 Å². The fourth-order valence-corrected chi connectivity index (χ4v) is 3.60. The number of para-hydroxylation sites is 1. The van der Waals surface area contributed by atoms with Crippen molar-refractivity contribution in [3.8, 4) is 0 Å². The van der Waals surface area contributed by atoms with E-state index >= 15 is 0 Å². The third kappa shape index (κ3) is 5.36. The highest BCUT2D eigenvalue weighted by atomic mass is 35.5. The van der Waals surface area contributed by atoms with E-state index < -0.39 is 11.8 Å². The van der Waals surface area contributed by atoms with E-state index in [4.69, 9.17) is 17.3 Å².